The van der Waals surface area contributed by atoms with Crippen LogP contribution in [0.25, 0.3) is 0 Å². The molecular weight excluding hydrogens is 303 g/mol. The highest BCUT2D eigenvalue weighted by Gasteiger charge is 2.73. The van der Waals surface area contributed by atoms with Crippen molar-refractivity contribution in [2.24, 2.45) is 5.41 Å². The number of benzene rings is 2. The van der Waals surface area contributed by atoms with Crippen LogP contribution in [0.3, 0.4) is 0 Å². The van der Waals surface area contributed by atoms with E-state index in [0.717, 1.165) is 16.7 Å². The average molecular weight is 321 g/mol. The summed E-state index contributed by atoms with van der Waals surface area (Å²) in [5, 5.41) is 11.7. The summed E-state index contributed by atoms with van der Waals surface area (Å²) in [6.07, 6.45) is 0.558. The van der Waals surface area contributed by atoms with Crippen LogP contribution in [-0.4, -0.2) is 9.44 Å². The zero-order valence-electron chi connectivity index (χ0n) is 12.1. The van der Waals surface area contributed by atoms with Crippen molar-refractivity contribution in [2.45, 2.75) is 30.2 Å². The van der Waals surface area contributed by atoms with E-state index in [1.54, 1.807) is 0 Å². The fourth-order valence-electron chi connectivity index (χ4n) is 3.22. The van der Waals surface area contributed by atoms with Gasteiger partial charge in [-0.15, -0.1) is 23.2 Å². The standard InChI is InChI=1S/C18H18Cl2O/c1-13-8-6-7-11-15(13)18(21,14-9-4-3-5-10-14)16(2)12-17(16,19)20/h3-11,21H,12H2,1-2H3/t16-,18-/m1/s1. The van der Waals surface area contributed by atoms with Crippen LogP contribution in [0.1, 0.15) is 30.0 Å². The quantitative estimate of drug-likeness (QED) is 0.804. The van der Waals surface area contributed by atoms with Crippen LogP contribution >= 0.6 is 23.2 Å². The Labute approximate surface area is 135 Å². The molecule has 0 aliphatic heterocycles. The van der Waals surface area contributed by atoms with Gasteiger partial charge in [-0.25, -0.2) is 0 Å². The average Bonchev–Trinajstić information content (AvgIpc) is 3.00. The Morgan fingerprint density at radius 2 is 1.52 bits per heavy atom. The molecule has 0 spiro atoms. The number of aliphatic hydroxyl groups is 1. The fourth-order valence-corrected chi connectivity index (χ4v) is 4.03. The number of hydrogen-bond donors (Lipinski definition) is 1. The van der Waals surface area contributed by atoms with E-state index in [2.05, 4.69) is 0 Å². The van der Waals surface area contributed by atoms with Crippen molar-refractivity contribution in [2.75, 3.05) is 0 Å². The predicted octanol–water partition coefficient (Wildman–Crippen LogP) is 4.81. The molecule has 1 aliphatic rings. The summed E-state index contributed by atoms with van der Waals surface area (Å²) in [5.41, 5.74) is 0.896. The molecule has 1 fully saturated rings. The van der Waals surface area contributed by atoms with E-state index in [1.165, 1.54) is 0 Å². The van der Waals surface area contributed by atoms with Crippen molar-refractivity contribution in [1.82, 2.24) is 0 Å². The molecular formula is C18H18Cl2O. The number of aryl methyl sites for hydroxylation is 1. The van der Waals surface area contributed by atoms with Crippen LogP contribution < -0.4 is 0 Å². The van der Waals surface area contributed by atoms with E-state index in [0.29, 0.717) is 6.42 Å². The fraction of sp³-hybridized carbons (Fsp3) is 0.333. The summed E-state index contributed by atoms with van der Waals surface area (Å²) in [5.74, 6) is 0. The van der Waals surface area contributed by atoms with Crippen molar-refractivity contribution in [3.63, 3.8) is 0 Å². The first-order valence-corrected chi connectivity index (χ1v) is 7.80. The van der Waals surface area contributed by atoms with Gasteiger partial charge in [-0.3, -0.25) is 0 Å². The highest BCUT2D eigenvalue weighted by atomic mass is 35.5. The molecule has 0 bridgehead atoms. The molecule has 0 aromatic heterocycles. The van der Waals surface area contributed by atoms with E-state index in [1.807, 2.05) is 68.4 Å². The molecule has 21 heavy (non-hydrogen) atoms. The van der Waals surface area contributed by atoms with Crippen LogP contribution in [0.4, 0.5) is 0 Å². The summed E-state index contributed by atoms with van der Waals surface area (Å²) in [7, 11) is 0. The molecule has 3 rings (SSSR count). The second-order valence-corrected chi connectivity index (χ2v) is 7.59. The maximum Gasteiger partial charge on any atom is 0.127 e. The molecule has 0 amide bonds. The lowest BCUT2D eigenvalue weighted by Gasteiger charge is -2.38. The van der Waals surface area contributed by atoms with Gasteiger partial charge in [-0.05, 0) is 30.0 Å². The van der Waals surface area contributed by atoms with Gasteiger partial charge < -0.3 is 5.11 Å². The van der Waals surface area contributed by atoms with Gasteiger partial charge >= 0.3 is 0 Å². The van der Waals surface area contributed by atoms with E-state index in [-0.39, 0.29) is 0 Å². The molecule has 0 saturated heterocycles. The Bertz CT molecular complexity index is 668. The van der Waals surface area contributed by atoms with Crippen LogP contribution in [0.15, 0.2) is 54.6 Å². The van der Waals surface area contributed by atoms with Crippen LogP contribution in [0.2, 0.25) is 0 Å². The molecule has 0 heterocycles. The second kappa shape index (κ2) is 4.74. The first kappa shape index (κ1) is 14.9. The Balaban J connectivity index is 2.25. The Morgan fingerprint density at radius 3 is 2.05 bits per heavy atom. The largest absolute Gasteiger partial charge is 0.380 e. The van der Waals surface area contributed by atoms with Gasteiger partial charge in [0.15, 0.2) is 0 Å². The second-order valence-electron chi connectivity index (χ2n) is 6.10. The predicted molar refractivity (Wildman–Crippen MR) is 87.8 cm³/mol. The normalized spacial score (nSPS) is 26.1. The molecule has 2 aromatic rings. The van der Waals surface area contributed by atoms with Gasteiger partial charge in [0, 0.05) is 5.41 Å². The monoisotopic (exact) mass is 320 g/mol. The molecule has 1 nitrogen and oxygen atoms in total. The van der Waals surface area contributed by atoms with Crippen LogP contribution in [-0.2, 0) is 5.60 Å². The summed E-state index contributed by atoms with van der Waals surface area (Å²) in [6.45, 7) is 3.95. The van der Waals surface area contributed by atoms with E-state index in [4.69, 9.17) is 23.2 Å². The topological polar surface area (TPSA) is 20.2 Å². The third-order valence-corrected chi connectivity index (χ3v) is 5.88. The smallest absolute Gasteiger partial charge is 0.127 e. The molecule has 0 unspecified atom stereocenters. The number of hydrogen-bond acceptors (Lipinski definition) is 1. The summed E-state index contributed by atoms with van der Waals surface area (Å²) < 4.78 is -0.917. The molecule has 2 atom stereocenters. The number of halogens is 2. The minimum Gasteiger partial charge on any atom is -0.380 e. The van der Waals surface area contributed by atoms with E-state index < -0.39 is 15.3 Å². The van der Waals surface area contributed by atoms with Crippen molar-refractivity contribution in [3.8, 4) is 0 Å². The zero-order chi connectivity index (χ0) is 15.3. The third-order valence-electron chi connectivity index (χ3n) is 4.78. The molecule has 2 aromatic carbocycles. The van der Waals surface area contributed by atoms with Crippen molar-refractivity contribution in [1.29, 1.82) is 0 Å². The number of rotatable bonds is 3. The molecule has 1 saturated carbocycles. The summed E-state index contributed by atoms with van der Waals surface area (Å²) >= 11 is 12.8. The van der Waals surface area contributed by atoms with Gasteiger partial charge in [-0.2, -0.15) is 0 Å². The van der Waals surface area contributed by atoms with Gasteiger partial charge in [0.2, 0.25) is 0 Å². The molecule has 1 N–H and O–H groups in total. The Morgan fingerprint density at radius 1 is 1.00 bits per heavy atom. The summed E-state index contributed by atoms with van der Waals surface area (Å²) in [6, 6.07) is 17.5. The van der Waals surface area contributed by atoms with Crippen molar-refractivity contribution < 1.29 is 5.11 Å². The first-order chi connectivity index (χ1) is 9.83. The Kier molecular flexibility index (Phi) is 3.36. The lowest BCUT2D eigenvalue weighted by atomic mass is 9.73. The number of alkyl halides is 2. The van der Waals surface area contributed by atoms with Gasteiger partial charge in [-0.1, -0.05) is 61.5 Å². The first-order valence-electron chi connectivity index (χ1n) is 7.05. The molecule has 1 aliphatic carbocycles. The minimum atomic E-state index is -1.21. The minimum absolute atomic E-state index is 0.558. The molecule has 110 valence electrons. The highest BCUT2D eigenvalue weighted by molar-refractivity contribution is 6.51. The Hall–Kier alpha value is -1.02. The van der Waals surface area contributed by atoms with E-state index in [9.17, 15) is 5.11 Å². The summed E-state index contributed by atoms with van der Waals surface area (Å²) in [4.78, 5) is 0. The van der Waals surface area contributed by atoms with Gasteiger partial charge in [0.25, 0.3) is 0 Å². The van der Waals surface area contributed by atoms with Crippen LogP contribution in [0.5, 0.6) is 0 Å². The maximum absolute atomic E-state index is 11.7. The van der Waals surface area contributed by atoms with Crippen molar-refractivity contribution >= 4 is 23.2 Å². The molecule has 3 heteroatoms. The van der Waals surface area contributed by atoms with Crippen molar-refractivity contribution in [3.05, 3.63) is 71.3 Å². The van der Waals surface area contributed by atoms with Gasteiger partial charge in [0.05, 0.1) is 0 Å². The lowest BCUT2D eigenvalue weighted by Crippen LogP contribution is -2.40. The van der Waals surface area contributed by atoms with Crippen LogP contribution in [0, 0.1) is 12.3 Å². The molecule has 0 radical (unpaired) electrons. The SMILES string of the molecule is Cc1ccccc1[C@](O)(c1ccccc1)[C@]1(C)CC1(Cl)Cl. The van der Waals surface area contributed by atoms with E-state index >= 15 is 0 Å². The third kappa shape index (κ3) is 2.03. The maximum atomic E-state index is 11.7. The zero-order valence-corrected chi connectivity index (χ0v) is 13.6. The van der Waals surface area contributed by atoms with Gasteiger partial charge in [0.1, 0.15) is 9.93 Å². The lowest BCUT2D eigenvalue weighted by molar-refractivity contribution is 0.00782. The highest BCUT2D eigenvalue weighted by Crippen LogP contribution is 2.72.